The molecule has 1 aromatic heterocycles. The predicted octanol–water partition coefficient (Wildman–Crippen LogP) is 1.27. The Balaban J connectivity index is 1.64. The molecule has 1 N–H and O–H groups in total. The normalized spacial score (nSPS) is 17.9. The van der Waals surface area contributed by atoms with Gasteiger partial charge in [0.2, 0.25) is 5.91 Å². The monoisotopic (exact) mass is 314 g/mol. The summed E-state index contributed by atoms with van der Waals surface area (Å²) in [5.41, 5.74) is 1.65. The first-order valence-corrected chi connectivity index (χ1v) is 7.59. The van der Waals surface area contributed by atoms with Gasteiger partial charge in [-0.05, 0) is 12.8 Å². The zero-order valence-electron chi connectivity index (χ0n) is 12.6. The summed E-state index contributed by atoms with van der Waals surface area (Å²) in [7, 11) is 0. The molecule has 0 unspecified atom stereocenters. The lowest BCUT2D eigenvalue weighted by Crippen LogP contribution is -2.43. The van der Waals surface area contributed by atoms with E-state index in [0.29, 0.717) is 18.7 Å². The molecule has 1 aliphatic heterocycles. The van der Waals surface area contributed by atoms with Crippen molar-refractivity contribution in [2.75, 3.05) is 13.1 Å². The Bertz CT molecular complexity index is 698. The van der Waals surface area contributed by atoms with Crippen LogP contribution in [0.5, 0.6) is 0 Å². The molecular weight excluding hydrogens is 296 g/mol. The Kier molecular flexibility index (Phi) is 4.36. The number of rotatable bonds is 4. The van der Waals surface area contributed by atoms with Gasteiger partial charge in [0, 0.05) is 18.7 Å². The van der Waals surface area contributed by atoms with Crippen LogP contribution in [-0.4, -0.2) is 50.0 Å². The lowest BCUT2D eigenvalue weighted by Gasteiger charge is -2.30. The average Bonchev–Trinajstić information content (AvgIpc) is 3.04. The minimum Gasteiger partial charge on any atom is -0.481 e. The number of hydrogen-bond acceptors (Lipinski definition) is 4. The molecule has 120 valence electrons. The second-order valence-corrected chi connectivity index (χ2v) is 5.68. The molecule has 1 aromatic carbocycles. The maximum Gasteiger partial charge on any atom is 0.308 e. The van der Waals surface area contributed by atoms with E-state index >= 15 is 0 Å². The Morgan fingerprint density at radius 3 is 2.78 bits per heavy atom. The van der Waals surface area contributed by atoms with E-state index in [2.05, 4.69) is 10.3 Å². The highest BCUT2D eigenvalue weighted by molar-refractivity contribution is 5.78. The molecule has 0 bridgehead atoms. The van der Waals surface area contributed by atoms with Crippen molar-refractivity contribution >= 4 is 11.9 Å². The molecule has 0 spiro atoms. The van der Waals surface area contributed by atoms with Gasteiger partial charge in [-0.1, -0.05) is 35.5 Å². The van der Waals surface area contributed by atoms with Gasteiger partial charge in [-0.3, -0.25) is 9.59 Å². The summed E-state index contributed by atoms with van der Waals surface area (Å²) in [5, 5.41) is 17.2. The number of carboxylic acid groups (broad SMARTS) is 1. The van der Waals surface area contributed by atoms with Crippen LogP contribution < -0.4 is 0 Å². The molecule has 0 radical (unpaired) electrons. The Morgan fingerprint density at radius 1 is 1.26 bits per heavy atom. The highest BCUT2D eigenvalue weighted by atomic mass is 16.4. The highest BCUT2D eigenvalue weighted by Gasteiger charge is 2.28. The molecule has 2 heterocycles. The number of carboxylic acids is 1. The molecule has 23 heavy (non-hydrogen) atoms. The number of benzene rings is 1. The average molecular weight is 314 g/mol. The molecule has 0 saturated carbocycles. The Morgan fingerprint density at radius 2 is 2.04 bits per heavy atom. The maximum absolute atomic E-state index is 12.3. The molecule has 1 saturated heterocycles. The molecule has 7 heteroatoms. The van der Waals surface area contributed by atoms with Crippen molar-refractivity contribution in [3.8, 4) is 11.3 Å². The van der Waals surface area contributed by atoms with Crippen molar-refractivity contribution in [1.82, 2.24) is 19.9 Å². The van der Waals surface area contributed by atoms with Crippen molar-refractivity contribution < 1.29 is 14.7 Å². The maximum atomic E-state index is 12.3. The van der Waals surface area contributed by atoms with Crippen LogP contribution in [0.2, 0.25) is 0 Å². The molecule has 3 rings (SSSR count). The second-order valence-electron chi connectivity index (χ2n) is 5.68. The highest BCUT2D eigenvalue weighted by Crippen LogP contribution is 2.18. The fourth-order valence-electron chi connectivity index (χ4n) is 2.76. The smallest absolute Gasteiger partial charge is 0.308 e. The van der Waals surface area contributed by atoms with Crippen molar-refractivity contribution in [2.45, 2.75) is 19.4 Å². The van der Waals surface area contributed by atoms with Crippen LogP contribution in [-0.2, 0) is 16.1 Å². The Labute approximate surface area is 133 Å². The van der Waals surface area contributed by atoms with Crippen molar-refractivity contribution in [1.29, 1.82) is 0 Å². The topological polar surface area (TPSA) is 88.3 Å². The van der Waals surface area contributed by atoms with Crippen LogP contribution in [0, 0.1) is 5.92 Å². The third-order valence-corrected chi connectivity index (χ3v) is 4.03. The van der Waals surface area contributed by atoms with E-state index in [-0.39, 0.29) is 19.0 Å². The first-order chi connectivity index (χ1) is 11.1. The Hall–Kier alpha value is -2.70. The summed E-state index contributed by atoms with van der Waals surface area (Å²) in [5.74, 6) is -1.43. The third kappa shape index (κ3) is 3.56. The van der Waals surface area contributed by atoms with Gasteiger partial charge in [0.05, 0.1) is 12.1 Å². The molecule has 1 amide bonds. The van der Waals surface area contributed by atoms with Crippen molar-refractivity contribution in [3.05, 3.63) is 36.5 Å². The van der Waals surface area contributed by atoms with Crippen LogP contribution in [0.1, 0.15) is 12.8 Å². The quantitative estimate of drug-likeness (QED) is 0.918. The van der Waals surface area contributed by atoms with Gasteiger partial charge in [0.25, 0.3) is 0 Å². The summed E-state index contributed by atoms with van der Waals surface area (Å²) in [4.78, 5) is 25.0. The zero-order chi connectivity index (χ0) is 16.2. The van der Waals surface area contributed by atoms with Gasteiger partial charge in [0.1, 0.15) is 12.2 Å². The number of amides is 1. The lowest BCUT2D eigenvalue weighted by atomic mass is 9.98. The number of piperidine rings is 1. The molecule has 1 atom stereocenters. The predicted molar refractivity (Wildman–Crippen MR) is 82.4 cm³/mol. The zero-order valence-corrected chi connectivity index (χ0v) is 12.6. The summed E-state index contributed by atoms with van der Waals surface area (Å²) in [6.07, 6.45) is 3.07. The number of aliphatic carboxylic acids is 1. The fourth-order valence-corrected chi connectivity index (χ4v) is 2.76. The number of hydrogen-bond donors (Lipinski definition) is 1. The van der Waals surface area contributed by atoms with E-state index < -0.39 is 11.9 Å². The molecular formula is C16H18N4O3. The van der Waals surface area contributed by atoms with Gasteiger partial charge in [-0.15, -0.1) is 5.10 Å². The molecule has 7 nitrogen and oxygen atoms in total. The minimum atomic E-state index is -0.838. The van der Waals surface area contributed by atoms with E-state index in [1.165, 1.54) is 4.68 Å². The fraction of sp³-hybridized carbons (Fsp3) is 0.375. The van der Waals surface area contributed by atoms with E-state index in [1.807, 2.05) is 30.3 Å². The van der Waals surface area contributed by atoms with Crippen molar-refractivity contribution in [3.63, 3.8) is 0 Å². The standard InChI is InChI=1S/C16H18N4O3/c21-15(19-8-4-7-13(9-19)16(22)23)11-20-10-14(17-18-20)12-5-2-1-3-6-12/h1-3,5-6,10,13H,4,7-9,11H2,(H,22,23)/t13-/m0/s1. The van der Waals surface area contributed by atoms with Gasteiger partial charge < -0.3 is 10.0 Å². The number of carbonyl (C=O) groups is 2. The lowest BCUT2D eigenvalue weighted by molar-refractivity contribution is -0.145. The van der Waals surface area contributed by atoms with E-state index in [4.69, 9.17) is 5.11 Å². The van der Waals surface area contributed by atoms with E-state index in [0.717, 1.165) is 12.0 Å². The summed E-state index contributed by atoms with van der Waals surface area (Å²) < 4.78 is 1.50. The van der Waals surface area contributed by atoms with E-state index in [9.17, 15) is 9.59 Å². The molecule has 1 fully saturated rings. The van der Waals surface area contributed by atoms with Gasteiger partial charge in [0.15, 0.2) is 0 Å². The van der Waals surface area contributed by atoms with Crippen LogP contribution in [0.25, 0.3) is 11.3 Å². The van der Waals surface area contributed by atoms with Gasteiger partial charge in [-0.25, -0.2) is 4.68 Å². The van der Waals surface area contributed by atoms with Gasteiger partial charge in [-0.2, -0.15) is 0 Å². The summed E-state index contributed by atoms with van der Waals surface area (Å²) in [6, 6.07) is 9.61. The molecule has 1 aliphatic rings. The van der Waals surface area contributed by atoms with Crippen LogP contribution >= 0.6 is 0 Å². The number of likely N-dealkylation sites (tertiary alicyclic amines) is 1. The summed E-state index contributed by atoms with van der Waals surface area (Å²) in [6.45, 7) is 0.948. The minimum absolute atomic E-state index is 0.0756. The van der Waals surface area contributed by atoms with Gasteiger partial charge >= 0.3 is 5.97 Å². The number of carbonyl (C=O) groups excluding carboxylic acids is 1. The SMILES string of the molecule is O=C(O)[C@H]1CCCN(C(=O)Cn2cc(-c3ccccc3)nn2)C1. The summed E-state index contributed by atoms with van der Waals surface area (Å²) >= 11 is 0. The molecule has 0 aliphatic carbocycles. The number of aromatic nitrogens is 3. The largest absolute Gasteiger partial charge is 0.481 e. The molecule has 2 aromatic rings. The number of nitrogens with zero attached hydrogens (tertiary/aromatic N) is 4. The second kappa shape index (κ2) is 6.60. The first-order valence-electron chi connectivity index (χ1n) is 7.59. The van der Waals surface area contributed by atoms with Crippen LogP contribution in [0.15, 0.2) is 36.5 Å². The van der Waals surface area contributed by atoms with E-state index in [1.54, 1.807) is 11.1 Å². The van der Waals surface area contributed by atoms with Crippen LogP contribution in [0.4, 0.5) is 0 Å². The first kappa shape index (κ1) is 15.2. The third-order valence-electron chi connectivity index (χ3n) is 4.03. The van der Waals surface area contributed by atoms with Crippen LogP contribution in [0.3, 0.4) is 0 Å². The van der Waals surface area contributed by atoms with Crippen molar-refractivity contribution in [2.24, 2.45) is 5.92 Å².